The van der Waals surface area contributed by atoms with Crippen LogP contribution in [0, 0.1) is 0 Å². The minimum atomic E-state index is -4.61. The highest BCUT2D eigenvalue weighted by atomic mass is 19.4. The summed E-state index contributed by atoms with van der Waals surface area (Å²) in [6, 6.07) is 1.16. The Balaban J connectivity index is 1.96. The Labute approximate surface area is 117 Å². The van der Waals surface area contributed by atoms with E-state index >= 15 is 0 Å². The Morgan fingerprint density at radius 3 is 2.81 bits per heavy atom. The molecule has 0 radical (unpaired) electrons. The number of halogens is 3. The van der Waals surface area contributed by atoms with E-state index in [9.17, 15) is 18.0 Å². The summed E-state index contributed by atoms with van der Waals surface area (Å²) in [5.41, 5.74) is 0. The molecule has 0 saturated carbocycles. The van der Waals surface area contributed by atoms with Crippen molar-refractivity contribution in [1.29, 1.82) is 0 Å². The van der Waals surface area contributed by atoms with Crippen LogP contribution in [-0.2, 0) is 17.5 Å². The molecule has 0 aliphatic heterocycles. The van der Waals surface area contributed by atoms with Crippen LogP contribution in [0.4, 0.5) is 13.2 Å². The number of alkyl halides is 3. The molecule has 0 bridgehead atoms. The number of rotatable bonds is 5. The molecule has 2 aromatic heterocycles. The number of carbonyl (C=O) groups excluding carboxylic acids is 1. The average molecular weight is 302 g/mol. The van der Waals surface area contributed by atoms with Gasteiger partial charge in [-0.25, -0.2) is 4.98 Å². The van der Waals surface area contributed by atoms with Gasteiger partial charge in [0.15, 0.2) is 0 Å². The summed E-state index contributed by atoms with van der Waals surface area (Å²) in [6.45, 7) is 1.64. The summed E-state index contributed by atoms with van der Waals surface area (Å²) >= 11 is 0. The van der Waals surface area contributed by atoms with Gasteiger partial charge in [0.25, 0.3) is 5.82 Å². The van der Waals surface area contributed by atoms with Gasteiger partial charge in [0, 0.05) is 12.4 Å². The fourth-order valence-corrected chi connectivity index (χ4v) is 1.75. The van der Waals surface area contributed by atoms with Crippen molar-refractivity contribution in [2.45, 2.75) is 32.1 Å². The first-order chi connectivity index (χ1) is 9.91. The molecule has 2 aromatic rings. The van der Waals surface area contributed by atoms with Crippen LogP contribution < -0.4 is 5.32 Å². The predicted molar refractivity (Wildman–Crippen MR) is 64.8 cm³/mol. The molecule has 0 aliphatic carbocycles. The number of hydrogen-bond donors (Lipinski definition) is 2. The molecule has 21 heavy (non-hydrogen) atoms. The molecular weight excluding hydrogens is 289 g/mol. The second kappa shape index (κ2) is 5.94. The van der Waals surface area contributed by atoms with Crippen molar-refractivity contribution in [2.24, 2.45) is 0 Å². The second-order valence-electron chi connectivity index (χ2n) is 4.23. The zero-order chi connectivity index (χ0) is 15.5. The van der Waals surface area contributed by atoms with Crippen molar-refractivity contribution in [3.8, 4) is 0 Å². The van der Waals surface area contributed by atoms with Gasteiger partial charge < -0.3 is 5.32 Å². The third kappa shape index (κ3) is 3.58. The topological polar surface area (TPSA) is 88.5 Å². The SMILES string of the molecule is CC[C@@H](C(=O)NCc1nc(C(F)(F)F)n[nH]1)n1cccn1. The molecule has 1 amide bonds. The lowest BCUT2D eigenvalue weighted by Crippen LogP contribution is -2.32. The lowest BCUT2D eigenvalue weighted by atomic mass is 10.2. The predicted octanol–water partition coefficient (Wildman–Crippen LogP) is 1.29. The number of aromatic nitrogens is 5. The highest BCUT2D eigenvalue weighted by molar-refractivity contribution is 5.79. The largest absolute Gasteiger partial charge is 0.453 e. The van der Waals surface area contributed by atoms with Crippen molar-refractivity contribution in [2.75, 3.05) is 0 Å². The van der Waals surface area contributed by atoms with Gasteiger partial charge in [-0.3, -0.25) is 14.6 Å². The number of carbonyl (C=O) groups is 1. The molecule has 2 heterocycles. The Morgan fingerprint density at radius 1 is 1.52 bits per heavy atom. The molecule has 0 unspecified atom stereocenters. The Bertz CT molecular complexity index is 591. The summed E-state index contributed by atoms with van der Waals surface area (Å²) in [5, 5.41) is 11.7. The number of H-pyrrole nitrogens is 1. The van der Waals surface area contributed by atoms with Crippen LogP contribution in [0.3, 0.4) is 0 Å². The summed E-state index contributed by atoms with van der Waals surface area (Å²) < 4.78 is 38.5. The summed E-state index contributed by atoms with van der Waals surface area (Å²) in [6.07, 6.45) is -0.927. The van der Waals surface area contributed by atoms with Crippen LogP contribution in [0.25, 0.3) is 0 Å². The summed E-state index contributed by atoms with van der Waals surface area (Å²) in [4.78, 5) is 15.3. The maximum Gasteiger partial charge on any atom is 0.453 e. The van der Waals surface area contributed by atoms with E-state index in [0.29, 0.717) is 6.42 Å². The quantitative estimate of drug-likeness (QED) is 0.871. The Kier molecular flexibility index (Phi) is 4.24. The van der Waals surface area contributed by atoms with E-state index in [2.05, 4.69) is 25.6 Å². The van der Waals surface area contributed by atoms with E-state index in [0.717, 1.165) is 0 Å². The molecule has 0 saturated heterocycles. The molecular formula is C11H13F3N6O. The lowest BCUT2D eigenvalue weighted by molar-refractivity contribution is -0.144. The smallest absolute Gasteiger partial charge is 0.347 e. The molecule has 2 rings (SSSR count). The van der Waals surface area contributed by atoms with Crippen LogP contribution in [-0.4, -0.2) is 30.9 Å². The van der Waals surface area contributed by atoms with Gasteiger partial charge in [-0.05, 0) is 12.5 Å². The van der Waals surface area contributed by atoms with Gasteiger partial charge in [-0.1, -0.05) is 6.92 Å². The molecule has 7 nitrogen and oxygen atoms in total. The maximum atomic E-state index is 12.3. The van der Waals surface area contributed by atoms with E-state index < -0.39 is 18.0 Å². The summed E-state index contributed by atoms with van der Waals surface area (Å²) in [7, 11) is 0. The highest BCUT2D eigenvalue weighted by Gasteiger charge is 2.36. The van der Waals surface area contributed by atoms with Crippen molar-refractivity contribution in [3.63, 3.8) is 0 Å². The third-order valence-electron chi connectivity index (χ3n) is 2.75. The second-order valence-corrected chi connectivity index (χ2v) is 4.23. The van der Waals surface area contributed by atoms with Gasteiger partial charge in [0.2, 0.25) is 5.91 Å². The first kappa shape index (κ1) is 15.0. The zero-order valence-corrected chi connectivity index (χ0v) is 11.1. The van der Waals surface area contributed by atoms with E-state index in [-0.39, 0.29) is 18.3 Å². The van der Waals surface area contributed by atoms with E-state index in [4.69, 9.17) is 0 Å². The van der Waals surface area contributed by atoms with Gasteiger partial charge >= 0.3 is 6.18 Å². The number of amides is 1. The number of nitrogens with zero attached hydrogens (tertiary/aromatic N) is 4. The first-order valence-electron chi connectivity index (χ1n) is 6.17. The van der Waals surface area contributed by atoms with Crippen molar-refractivity contribution >= 4 is 5.91 Å². The van der Waals surface area contributed by atoms with E-state index in [1.165, 1.54) is 4.68 Å². The van der Waals surface area contributed by atoms with Gasteiger partial charge in [-0.2, -0.15) is 18.3 Å². The van der Waals surface area contributed by atoms with Crippen molar-refractivity contribution in [3.05, 3.63) is 30.1 Å². The molecule has 10 heteroatoms. The van der Waals surface area contributed by atoms with Crippen molar-refractivity contribution < 1.29 is 18.0 Å². The number of hydrogen-bond acceptors (Lipinski definition) is 4. The highest BCUT2D eigenvalue weighted by Crippen LogP contribution is 2.25. The summed E-state index contributed by atoms with van der Waals surface area (Å²) in [5.74, 6) is -1.68. The molecule has 0 fully saturated rings. The van der Waals surface area contributed by atoms with Gasteiger partial charge in [0.05, 0.1) is 6.54 Å². The number of aromatic amines is 1. The van der Waals surface area contributed by atoms with Crippen LogP contribution in [0.1, 0.15) is 31.0 Å². The van der Waals surface area contributed by atoms with Crippen LogP contribution in [0.2, 0.25) is 0 Å². The molecule has 114 valence electrons. The van der Waals surface area contributed by atoms with Gasteiger partial charge in [0.1, 0.15) is 11.9 Å². The minimum absolute atomic E-state index is 0.0639. The fourth-order valence-electron chi connectivity index (χ4n) is 1.75. The van der Waals surface area contributed by atoms with Crippen LogP contribution in [0.5, 0.6) is 0 Å². The number of nitrogens with one attached hydrogen (secondary N) is 2. The molecule has 0 spiro atoms. The van der Waals surface area contributed by atoms with Crippen LogP contribution >= 0.6 is 0 Å². The normalized spacial score (nSPS) is 13.1. The van der Waals surface area contributed by atoms with E-state index in [1.54, 1.807) is 18.5 Å². The lowest BCUT2D eigenvalue weighted by Gasteiger charge is -2.14. The van der Waals surface area contributed by atoms with Gasteiger partial charge in [-0.15, -0.1) is 5.10 Å². The standard InChI is InChI=1S/C11H13F3N6O/c1-2-7(20-5-3-4-16-20)9(21)15-6-8-17-10(19-18-8)11(12,13)14/h3-5,7H,2,6H2,1H3,(H,15,21)(H,17,18,19)/t7-/m0/s1. The Morgan fingerprint density at radius 2 is 2.29 bits per heavy atom. The van der Waals surface area contributed by atoms with Crippen molar-refractivity contribution in [1.82, 2.24) is 30.3 Å². The minimum Gasteiger partial charge on any atom is -0.347 e. The van der Waals surface area contributed by atoms with E-state index in [1.807, 2.05) is 6.92 Å². The monoisotopic (exact) mass is 302 g/mol. The fraction of sp³-hybridized carbons (Fsp3) is 0.455. The average Bonchev–Trinajstić information content (AvgIpc) is 3.07. The molecule has 0 aromatic carbocycles. The molecule has 1 atom stereocenters. The first-order valence-corrected chi connectivity index (χ1v) is 6.17. The Hall–Kier alpha value is -2.39. The molecule has 0 aliphatic rings. The third-order valence-corrected chi connectivity index (χ3v) is 2.75. The van der Waals surface area contributed by atoms with Crippen LogP contribution in [0.15, 0.2) is 18.5 Å². The molecule has 2 N–H and O–H groups in total. The zero-order valence-electron chi connectivity index (χ0n) is 11.1. The maximum absolute atomic E-state index is 12.3.